The van der Waals surface area contributed by atoms with Crippen LogP contribution in [0.2, 0.25) is 0 Å². The quantitative estimate of drug-likeness (QED) is 0.737. The van der Waals surface area contributed by atoms with Gasteiger partial charge < -0.3 is 4.74 Å². The van der Waals surface area contributed by atoms with Gasteiger partial charge in [0.1, 0.15) is 11.9 Å². The molecule has 0 unspecified atom stereocenters. The normalized spacial score (nSPS) is 16.3. The van der Waals surface area contributed by atoms with E-state index in [2.05, 4.69) is 4.98 Å². The van der Waals surface area contributed by atoms with Crippen LogP contribution < -0.4 is 4.74 Å². The molecule has 0 spiro atoms. The molecule has 1 aromatic heterocycles. The van der Waals surface area contributed by atoms with Crippen molar-refractivity contribution in [2.75, 3.05) is 13.1 Å². The highest BCUT2D eigenvalue weighted by Gasteiger charge is 2.38. The Labute approximate surface area is 147 Å². The van der Waals surface area contributed by atoms with Crippen LogP contribution in [0.3, 0.4) is 0 Å². The van der Waals surface area contributed by atoms with Gasteiger partial charge in [-0.05, 0) is 23.8 Å². The van der Waals surface area contributed by atoms with Gasteiger partial charge in [-0.1, -0.05) is 12.1 Å². The Morgan fingerprint density at radius 2 is 1.92 bits per heavy atom. The second kappa shape index (κ2) is 6.84. The number of hydrogen-bond acceptors (Lipinski definition) is 4. The number of ether oxygens (including phenoxy) is 1. The number of alkyl halides is 3. The Morgan fingerprint density at radius 3 is 2.58 bits per heavy atom. The van der Waals surface area contributed by atoms with Gasteiger partial charge in [0.05, 0.1) is 24.4 Å². The summed E-state index contributed by atoms with van der Waals surface area (Å²) < 4.78 is 82.1. The van der Waals surface area contributed by atoms with E-state index in [0.29, 0.717) is 5.56 Å². The summed E-state index contributed by atoms with van der Waals surface area (Å²) in [6.07, 6.45) is -4.12. The molecule has 1 aliphatic rings. The van der Waals surface area contributed by atoms with Gasteiger partial charge in [0, 0.05) is 12.3 Å². The molecule has 140 valence electrons. The minimum absolute atomic E-state index is 0.00439. The molecule has 0 bridgehead atoms. The minimum Gasteiger partial charge on any atom is -0.472 e. The van der Waals surface area contributed by atoms with Crippen LogP contribution in [0.5, 0.6) is 5.88 Å². The van der Waals surface area contributed by atoms with Crippen molar-refractivity contribution in [3.05, 3.63) is 59.5 Å². The first-order valence-electron chi connectivity index (χ1n) is 7.56. The van der Waals surface area contributed by atoms with Crippen molar-refractivity contribution in [3.8, 4) is 5.88 Å². The third kappa shape index (κ3) is 4.31. The summed E-state index contributed by atoms with van der Waals surface area (Å²) in [6.45, 7) is -0.00878. The molecule has 0 aliphatic carbocycles. The standard InChI is InChI=1S/C16H14F4N2O3S/c17-13-3-1-2-11(6-13)10-26(23,24)22-8-14(9-22)25-15-7-12(4-5-21-15)16(18,19)20/h1-7,14H,8-10H2. The van der Waals surface area contributed by atoms with Crippen molar-refractivity contribution in [3.63, 3.8) is 0 Å². The largest absolute Gasteiger partial charge is 0.472 e. The van der Waals surface area contributed by atoms with Crippen molar-refractivity contribution in [1.82, 2.24) is 9.29 Å². The summed E-state index contributed by atoms with van der Waals surface area (Å²) in [5.74, 6) is -1.11. The number of halogens is 4. The molecular weight excluding hydrogens is 376 g/mol. The summed E-state index contributed by atoms with van der Waals surface area (Å²) in [6, 6.07) is 6.86. The van der Waals surface area contributed by atoms with Gasteiger partial charge >= 0.3 is 6.18 Å². The van der Waals surface area contributed by atoms with Crippen LogP contribution in [0.25, 0.3) is 0 Å². The average molecular weight is 390 g/mol. The van der Waals surface area contributed by atoms with E-state index in [1.54, 1.807) is 0 Å². The predicted octanol–water partition coefficient (Wildman–Crippen LogP) is 2.83. The van der Waals surface area contributed by atoms with Crippen LogP contribution in [0.15, 0.2) is 42.6 Å². The lowest BCUT2D eigenvalue weighted by Gasteiger charge is -2.37. The smallest absolute Gasteiger partial charge is 0.416 e. The van der Waals surface area contributed by atoms with Gasteiger partial charge in [0.2, 0.25) is 15.9 Å². The Kier molecular flexibility index (Phi) is 4.89. The number of rotatable bonds is 5. The van der Waals surface area contributed by atoms with E-state index in [1.807, 2.05) is 0 Å². The van der Waals surface area contributed by atoms with E-state index in [9.17, 15) is 26.0 Å². The molecule has 0 radical (unpaired) electrons. The fourth-order valence-corrected chi connectivity index (χ4v) is 4.02. The average Bonchev–Trinajstić information content (AvgIpc) is 2.49. The maximum Gasteiger partial charge on any atom is 0.416 e. The third-order valence-electron chi connectivity index (χ3n) is 3.80. The molecule has 2 heterocycles. The lowest BCUT2D eigenvalue weighted by atomic mass is 10.2. The molecule has 1 fully saturated rings. The fraction of sp³-hybridized carbons (Fsp3) is 0.312. The van der Waals surface area contributed by atoms with Crippen molar-refractivity contribution in [1.29, 1.82) is 0 Å². The molecule has 0 N–H and O–H groups in total. The second-order valence-electron chi connectivity index (χ2n) is 5.82. The van der Waals surface area contributed by atoms with Crippen LogP contribution in [-0.4, -0.2) is 36.9 Å². The van der Waals surface area contributed by atoms with Crippen LogP contribution in [-0.2, 0) is 22.0 Å². The number of pyridine rings is 1. The summed E-state index contributed by atoms with van der Waals surface area (Å²) >= 11 is 0. The van der Waals surface area contributed by atoms with Crippen molar-refractivity contribution in [2.24, 2.45) is 0 Å². The topological polar surface area (TPSA) is 59.5 Å². The van der Waals surface area contributed by atoms with Crippen molar-refractivity contribution < 1.29 is 30.7 Å². The lowest BCUT2D eigenvalue weighted by molar-refractivity contribution is -0.137. The van der Waals surface area contributed by atoms with E-state index in [1.165, 1.54) is 18.2 Å². The van der Waals surface area contributed by atoms with E-state index < -0.39 is 33.7 Å². The van der Waals surface area contributed by atoms with Crippen molar-refractivity contribution in [2.45, 2.75) is 18.0 Å². The van der Waals surface area contributed by atoms with Gasteiger partial charge in [0.15, 0.2) is 0 Å². The monoisotopic (exact) mass is 390 g/mol. The fourth-order valence-electron chi connectivity index (χ4n) is 2.45. The molecule has 2 aromatic rings. The van der Waals surface area contributed by atoms with Gasteiger partial charge in [-0.15, -0.1) is 0 Å². The zero-order chi connectivity index (χ0) is 18.9. The predicted molar refractivity (Wildman–Crippen MR) is 84.3 cm³/mol. The zero-order valence-corrected chi connectivity index (χ0v) is 14.1. The first kappa shape index (κ1) is 18.6. The van der Waals surface area contributed by atoms with Crippen LogP contribution >= 0.6 is 0 Å². The first-order chi connectivity index (χ1) is 12.1. The number of sulfonamides is 1. The molecule has 0 saturated carbocycles. The van der Waals surface area contributed by atoms with Crippen LogP contribution in [0.4, 0.5) is 17.6 Å². The van der Waals surface area contributed by atoms with Gasteiger partial charge in [-0.3, -0.25) is 0 Å². The molecule has 10 heteroatoms. The number of nitrogens with zero attached hydrogens (tertiary/aromatic N) is 2. The first-order valence-corrected chi connectivity index (χ1v) is 9.16. The lowest BCUT2D eigenvalue weighted by Crippen LogP contribution is -2.56. The molecule has 3 rings (SSSR count). The number of aromatic nitrogens is 1. The molecular formula is C16H14F4N2O3S. The molecule has 0 atom stereocenters. The Hall–Kier alpha value is -2.20. The Balaban J connectivity index is 1.58. The van der Waals surface area contributed by atoms with Crippen molar-refractivity contribution >= 4 is 10.0 Å². The van der Waals surface area contributed by atoms with E-state index in [4.69, 9.17) is 4.74 Å². The molecule has 5 nitrogen and oxygen atoms in total. The molecule has 1 aromatic carbocycles. The van der Waals surface area contributed by atoms with Crippen LogP contribution in [0.1, 0.15) is 11.1 Å². The SMILES string of the molecule is O=S(=O)(Cc1cccc(F)c1)N1CC(Oc2cc(C(F)(F)F)ccn2)C1. The maximum atomic E-state index is 13.1. The highest BCUT2D eigenvalue weighted by Crippen LogP contribution is 2.31. The van der Waals surface area contributed by atoms with Gasteiger partial charge in [-0.25, -0.2) is 17.8 Å². The summed E-state index contributed by atoms with van der Waals surface area (Å²) in [4.78, 5) is 3.71. The van der Waals surface area contributed by atoms with E-state index in [0.717, 1.165) is 28.7 Å². The molecule has 1 aliphatic heterocycles. The van der Waals surface area contributed by atoms with Gasteiger partial charge in [-0.2, -0.15) is 17.5 Å². The molecule has 26 heavy (non-hydrogen) atoms. The molecule has 0 amide bonds. The summed E-state index contributed by atoms with van der Waals surface area (Å²) in [5, 5.41) is 0. The highest BCUT2D eigenvalue weighted by molar-refractivity contribution is 7.88. The Bertz CT molecular complexity index is 896. The van der Waals surface area contributed by atoms with Gasteiger partial charge in [0.25, 0.3) is 0 Å². The number of benzene rings is 1. The Morgan fingerprint density at radius 1 is 1.19 bits per heavy atom. The van der Waals surface area contributed by atoms with E-state index in [-0.39, 0.29) is 24.7 Å². The second-order valence-corrected chi connectivity index (χ2v) is 7.79. The summed E-state index contributed by atoms with van der Waals surface area (Å²) in [7, 11) is -3.66. The highest BCUT2D eigenvalue weighted by atomic mass is 32.2. The van der Waals surface area contributed by atoms with E-state index >= 15 is 0 Å². The van der Waals surface area contributed by atoms with Crippen LogP contribution in [0, 0.1) is 5.82 Å². The third-order valence-corrected chi connectivity index (χ3v) is 5.58. The number of hydrogen-bond donors (Lipinski definition) is 0. The maximum absolute atomic E-state index is 13.1. The summed E-state index contributed by atoms with van der Waals surface area (Å²) in [5.41, 5.74) is -0.577. The minimum atomic E-state index is -4.51. The molecule has 1 saturated heterocycles. The zero-order valence-electron chi connectivity index (χ0n) is 13.3.